The van der Waals surface area contributed by atoms with Gasteiger partial charge in [-0.3, -0.25) is 4.79 Å². The second-order valence-corrected chi connectivity index (χ2v) is 4.19. The second-order valence-electron chi connectivity index (χ2n) is 3.62. The van der Waals surface area contributed by atoms with Gasteiger partial charge in [0.2, 0.25) is 0 Å². The van der Waals surface area contributed by atoms with Crippen molar-refractivity contribution >= 4 is 33.1 Å². The quantitative estimate of drug-likeness (QED) is 0.454. The molecule has 0 spiro atoms. The number of amides is 1. The number of carbonyl (C=O) groups is 1. The first-order valence-electron chi connectivity index (χ1n) is 4.87. The zero-order valence-corrected chi connectivity index (χ0v) is 10.6. The molecule has 1 amide bonds. The minimum Gasteiger partial charge on any atom is -0.311 e. The van der Waals surface area contributed by atoms with Crippen LogP contribution in [0.5, 0.6) is 0 Å². The molecule has 0 N–H and O–H groups in total. The molecule has 0 aromatic heterocycles. The van der Waals surface area contributed by atoms with Crippen molar-refractivity contribution in [3.63, 3.8) is 0 Å². The van der Waals surface area contributed by atoms with Gasteiger partial charge in [0.25, 0.3) is 5.91 Å². The minimum absolute atomic E-state index is 0.272. The van der Waals surface area contributed by atoms with E-state index in [4.69, 9.17) is 5.26 Å². The van der Waals surface area contributed by atoms with Crippen molar-refractivity contribution in [2.45, 2.75) is 0 Å². The van der Waals surface area contributed by atoms with Gasteiger partial charge in [0.05, 0.1) is 22.9 Å². The van der Waals surface area contributed by atoms with Crippen molar-refractivity contribution in [3.05, 3.63) is 35.2 Å². The molecule has 2 rings (SSSR count). The van der Waals surface area contributed by atoms with E-state index in [2.05, 4.69) is 15.9 Å². The van der Waals surface area contributed by atoms with Gasteiger partial charge in [-0.2, -0.15) is 5.26 Å². The van der Waals surface area contributed by atoms with Crippen LogP contribution in [0.15, 0.2) is 23.8 Å². The third kappa shape index (κ3) is 1.75. The molecule has 17 heavy (non-hydrogen) atoms. The summed E-state index contributed by atoms with van der Waals surface area (Å²) in [7, 11) is 1.61. The highest BCUT2D eigenvalue weighted by Crippen LogP contribution is 2.38. The number of hydrogen-bond donors (Lipinski definition) is 0. The predicted octanol–water partition coefficient (Wildman–Crippen LogP) is 2.47. The van der Waals surface area contributed by atoms with Gasteiger partial charge in [-0.15, -0.1) is 0 Å². The standard InChI is InChI=1S/C12H8BrFN2O/c1-16-10-3-2-8(14)4-9(10)11(12(16)17)7(5-13)6-15/h2-4H,5H2,1H3/b11-7+. The molecule has 86 valence electrons. The number of benzene rings is 1. The number of allylic oxidation sites excluding steroid dienone is 1. The van der Waals surface area contributed by atoms with Gasteiger partial charge in [-0.25, -0.2) is 4.39 Å². The lowest BCUT2D eigenvalue weighted by Crippen LogP contribution is -2.20. The van der Waals surface area contributed by atoms with Crippen LogP contribution in [0, 0.1) is 17.1 Å². The highest BCUT2D eigenvalue weighted by Gasteiger charge is 2.32. The highest BCUT2D eigenvalue weighted by atomic mass is 79.9. The van der Waals surface area contributed by atoms with Crippen LogP contribution in [0.1, 0.15) is 5.56 Å². The molecule has 1 aromatic carbocycles. The molecule has 0 unspecified atom stereocenters. The van der Waals surface area contributed by atoms with Crippen molar-refractivity contribution in [2.24, 2.45) is 0 Å². The number of fused-ring (bicyclic) bond motifs is 1. The molecule has 0 aliphatic carbocycles. The molecule has 0 fully saturated rings. The van der Waals surface area contributed by atoms with Crippen molar-refractivity contribution in [1.29, 1.82) is 5.26 Å². The van der Waals surface area contributed by atoms with E-state index in [1.54, 1.807) is 13.1 Å². The van der Waals surface area contributed by atoms with Crippen molar-refractivity contribution in [1.82, 2.24) is 0 Å². The molecular weight excluding hydrogens is 287 g/mol. The molecule has 1 aliphatic rings. The molecule has 0 atom stereocenters. The Morgan fingerprint density at radius 2 is 2.29 bits per heavy atom. The smallest absolute Gasteiger partial charge is 0.259 e. The van der Waals surface area contributed by atoms with Crippen LogP contribution in [0.2, 0.25) is 0 Å². The van der Waals surface area contributed by atoms with Crippen molar-refractivity contribution in [3.8, 4) is 6.07 Å². The number of anilines is 1. The van der Waals surface area contributed by atoms with Gasteiger partial charge < -0.3 is 4.90 Å². The number of rotatable bonds is 1. The molecule has 0 bridgehead atoms. The first-order chi connectivity index (χ1) is 8.10. The summed E-state index contributed by atoms with van der Waals surface area (Å²) in [6, 6.07) is 6.09. The minimum atomic E-state index is -0.420. The Hall–Kier alpha value is -1.67. The van der Waals surface area contributed by atoms with Crippen LogP contribution in [0.3, 0.4) is 0 Å². The summed E-state index contributed by atoms with van der Waals surface area (Å²) >= 11 is 3.16. The maximum absolute atomic E-state index is 13.2. The van der Waals surface area contributed by atoms with Gasteiger partial charge in [0, 0.05) is 17.9 Å². The molecule has 5 heteroatoms. The van der Waals surface area contributed by atoms with Crippen LogP contribution >= 0.6 is 15.9 Å². The van der Waals surface area contributed by atoms with E-state index in [0.717, 1.165) is 0 Å². The van der Waals surface area contributed by atoms with E-state index in [9.17, 15) is 9.18 Å². The van der Waals surface area contributed by atoms with Crippen molar-refractivity contribution < 1.29 is 9.18 Å². The average molecular weight is 295 g/mol. The number of likely N-dealkylation sites (N-methyl/N-ethyl adjacent to an activating group) is 1. The van der Waals surface area contributed by atoms with E-state index in [1.165, 1.54) is 17.0 Å². The molecule has 1 aromatic rings. The lowest BCUT2D eigenvalue weighted by Gasteiger charge is -2.08. The predicted molar refractivity (Wildman–Crippen MR) is 66.1 cm³/mol. The molecule has 0 saturated heterocycles. The van der Waals surface area contributed by atoms with E-state index in [0.29, 0.717) is 16.8 Å². The normalized spacial score (nSPS) is 16.8. The summed E-state index contributed by atoms with van der Waals surface area (Å²) in [5.41, 5.74) is 1.70. The SMILES string of the molecule is CN1C(=O)/C(=C(/C#N)CBr)c2cc(F)ccc21. The van der Waals surface area contributed by atoms with Crippen LogP contribution in [-0.2, 0) is 4.79 Å². The maximum Gasteiger partial charge on any atom is 0.259 e. The summed E-state index contributed by atoms with van der Waals surface area (Å²) in [4.78, 5) is 13.4. The zero-order valence-electron chi connectivity index (χ0n) is 9.00. The maximum atomic E-state index is 13.2. The molecule has 1 aliphatic heterocycles. The summed E-state index contributed by atoms with van der Waals surface area (Å²) in [6.45, 7) is 0. The fourth-order valence-electron chi connectivity index (χ4n) is 1.84. The average Bonchev–Trinajstić information content (AvgIpc) is 2.56. The van der Waals surface area contributed by atoms with E-state index in [-0.39, 0.29) is 16.8 Å². The lowest BCUT2D eigenvalue weighted by atomic mass is 10.0. The zero-order chi connectivity index (χ0) is 12.6. The number of alkyl halides is 1. The Balaban J connectivity index is 2.75. The topological polar surface area (TPSA) is 44.1 Å². The number of halogens is 2. The van der Waals surface area contributed by atoms with Gasteiger partial charge >= 0.3 is 0 Å². The molecule has 3 nitrogen and oxygen atoms in total. The van der Waals surface area contributed by atoms with E-state index in [1.807, 2.05) is 6.07 Å². The van der Waals surface area contributed by atoms with Gasteiger partial charge in [-0.1, -0.05) is 15.9 Å². The number of nitriles is 1. The Morgan fingerprint density at radius 1 is 1.59 bits per heavy atom. The van der Waals surface area contributed by atoms with Crippen LogP contribution in [-0.4, -0.2) is 18.3 Å². The van der Waals surface area contributed by atoms with E-state index < -0.39 is 5.82 Å². The van der Waals surface area contributed by atoms with Crippen LogP contribution in [0.4, 0.5) is 10.1 Å². The van der Waals surface area contributed by atoms with Gasteiger partial charge in [-0.05, 0) is 18.2 Å². The fraction of sp³-hybridized carbons (Fsp3) is 0.167. The first-order valence-corrected chi connectivity index (χ1v) is 5.99. The largest absolute Gasteiger partial charge is 0.311 e. The molecule has 0 saturated carbocycles. The summed E-state index contributed by atoms with van der Waals surface area (Å²) < 4.78 is 13.2. The Kier molecular flexibility index (Phi) is 2.99. The number of carbonyl (C=O) groups excluding carboxylic acids is 1. The Morgan fingerprint density at radius 3 is 2.88 bits per heavy atom. The highest BCUT2D eigenvalue weighted by molar-refractivity contribution is 9.09. The Labute approximate surface area is 106 Å². The van der Waals surface area contributed by atoms with Gasteiger partial charge in [0.1, 0.15) is 5.82 Å². The molecule has 1 heterocycles. The van der Waals surface area contributed by atoms with Crippen LogP contribution < -0.4 is 4.90 Å². The second kappa shape index (κ2) is 4.30. The van der Waals surface area contributed by atoms with Gasteiger partial charge in [0.15, 0.2) is 0 Å². The van der Waals surface area contributed by atoms with Crippen LogP contribution in [0.25, 0.3) is 5.57 Å². The first kappa shape index (κ1) is 11.8. The number of hydrogen-bond acceptors (Lipinski definition) is 2. The monoisotopic (exact) mass is 294 g/mol. The third-order valence-electron chi connectivity index (χ3n) is 2.68. The number of nitrogens with zero attached hydrogens (tertiary/aromatic N) is 2. The summed E-state index contributed by atoms with van der Waals surface area (Å²) in [5.74, 6) is -0.696. The molecule has 0 radical (unpaired) electrons. The fourth-order valence-corrected chi connectivity index (χ4v) is 2.24. The summed E-state index contributed by atoms with van der Waals surface area (Å²) in [6.07, 6.45) is 0. The molecular formula is C12H8BrFN2O. The Bertz CT molecular complexity index is 574. The summed E-state index contributed by atoms with van der Waals surface area (Å²) in [5, 5.41) is 9.26. The third-order valence-corrected chi connectivity index (χ3v) is 3.24. The van der Waals surface area contributed by atoms with Crippen molar-refractivity contribution in [2.75, 3.05) is 17.3 Å². The lowest BCUT2D eigenvalue weighted by molar-refractivity contribution is -0.112. The van der Waals surface area contributed by atoms with E-state index >= 15 is 0 Å².